The van der Waals surface area contributed by atoms with Gasteiger partial charge in [-0.2, -0.15) is 0 Å². The summed E-state index contributed by atoms with van der Waals surface area (Å²) in [7, 11) is 0. The van der Waals surface area contributed by atoms with Crippen LogP contribution in [-0.4, -0.2) is 5.97 Å². The zero-order valence-electron chi connectivity index (χ0n) is 3.67. The standard InChI is InChI=1S/C3H3NO3/c1-3(5)7-6-2-4/h1H3. The predicted octanol–water partition coefficient (Wildman–Crippen LogP) is -0.0378. The normalized spacial score (nSPS) is 6.29. The third-order valence-electron chi connectivity index (χ3n) is 0.196. The Kier molecular flexibility index (Phi) is 2.44. The van der Waals surface area contributed by atoms with Gasteiger partial charge in [0.25, 0.3) is 0 Å². The molecule has 0 unspecified atom stereocenters. The third-order valence-corrected chi connectivity index (χ3v) is 0.196. The highest BCUT2D eigenvalue weighted by Gasteiger charge is 1.87. The van der Waals surface area contributed by atoms with Gasteiger partial charge in [0.15, 0.2) is 0 Å². The van der Waals surface area contributed by atoms with Crippen molar-refractivity contribution in [3.8, 4) is 6.26 Å². The summed E-state index contributed by atoms with van der Waals surface area (Å²) in [6, 6.07) is 0. The van der Waals surface area contributed by atoms with E-state index in [9.17, 15) is 4.79 Å². The van der Waals surface area contributed by atoms with Gasteiger partial charge < -0.3 is 0 Å². The molecule has 0 aliphatic carbocycles. The number of hydrogen-bond acceptors (Lipinski definition) is 4. The summed E-state index contributed by atoms with van der Waals surface area (Å²) < 4.78 is 0. The first-order chi connectivity index (χ1) is 3.27. The van der Waals surface area contributed by atoms with Crippen LogP contribution in [0.25, 0.3) is 0 Å². The molecule has 0 aromatic carbocycles. The SMILES string of the molecule is CC(=O)OOC#N. The average molecular weight is 101 g/mol. The second-order valence-electron chi connectivity index (χ2n) is 0.750. The third kappa shape index (κ3) is 4.76. The summed E-state index contributed by atoms with van der Waals surface area (Å²) >= 11 is 0. The molecule has 0 bridgehead atoms. The Morgan fingerprint density at radius 1 is 1.86 bits per heavy atom. The Morgan fingerprint density at radius 3 is 2.57 bits per heavy atom. The second kappa shape index (κ2) is 2.97. The fraction of sp³-hybridized carbons (Fsp3) is 0.333. The molecule has 38 valence electrons. The average Bonchev–Trinajstić information content (AvgIpc) is 1.61. The Hall–Kier alpha value is -1.24. The van der Waals surface area contributed by atoms with Crippen LogP contribution in [0.3, 0.4) is 0 Å². The van der Waals surface area contributed by atoms with E-state index in [2.05, 4.69) is 9.78 Å². The number of carbonyl (C=O) groups excluding carboxylic acids is 1. The molecule has 0 aromatic heterocycles. The van der Waals surface area contributed by atoms with Crippen molar-refractivity contribution in [2.24, 2.45) is 0 Å². The van der Waals surface area contributed by atoms with Gasteiger partial charge in [-0.3, -0.25) is 0 Å². The molecule has 0 N–H and O–H groups in total. The maximum absolute atomic E-state index is 9.70. The minimum atomic E-state index is -0.637. The maximum Gasteiger partial charge on any atom is 0.353 e. The van der Waals surface area contributed by atoms with Crippen LogP contribution in [-0.2, 0) is 14.6 Å². The van der Waals surface area contributed by atoms with Crippen LogP contribution in [0.4, 0.5) is 0 Å². The minimum absolute atomic E-state index is 0.637. The summed E-state index contributed by atoms with van der Waals surface area (Å²) in [6.07, 6.45) is 1.16. The Balaban J connectivity index is 3.02. The molecule has 4 nitrogen and oxygen atoms in total. The Labute approximate surface area is 40.2 Å². The largest absolute Gasteiger partial charge is 0.353 e. The number of nitrogens with zero attached hydrogens (tertiary/aromatic N) is 1. The van der Waals surface area contributed by atoms with E-state index >= 15 is 0 Å². The first-order valence-electron chi connectivity index (χ1n) is 1.50. The van der Waals surface area contributed by atoms with Crippen LogP contribution in [0.15, 0.2) is 0 Å². The molecule has 0 saturated carbocycles. The van der Waals surface area contributed by atoms with E-state index in [1.54, 1.807) is 0 Å². The maximum atomic E-state index is 9.70. The van der Waals surface area contributed by atoms with Crippen LogP contribution < -0.4 is 0 Å². The highest BCUT2D eigenvalue weighted by Crippen LogP contribution is 1.73. The van der Waals surface area contributed by atoms with Crippen molar-refractivity contribution in [3.05, 3.63) is 0 Å². The van der Waals surface area contributed by atoms with Crippen molar-refractivity contribution >= 4 is 5.97 Å². The van der Waals surface area contributed by atoms with E-state index < -0.39 is 5.97 Å². The van der Waals surface area contributed by atoms with E-state index in [1.807, 2.05) is 0 Å². The topological polar surface area (TPSA) is 59.3 Å². The van der Waals surface area contributed by atoms with Gasteiger partial charge in [0, 0.05) is 6.92 Å². The Morgan fingerprint density at radius 2 is 2.43 bits per heavy atom. The molecule has 0 aromatic rings. The lowest BCUT2D eigenvalue weighted by Crippen LogP contribution is -1.94. The first-order valence-corrected chi connectivity index (χ1v) is 1.50. The van der Waals surface area contributed by atoms with Crippen LogP contribution in [0.5, 0.6) is 0 Å². The fourth-order valence-electron chi connectivity index (χ4n) is 0.0773. The number of rotatable bonds is 1. The van der Waals surface area contributed by atoms with Crippen LogP contribution in [0, 0.1) is 11.5 Å². The minimum Gasteiger partial charge on any atom is -0.248 e. The van der Waals surface area contributed by atoms with Crippen LogP contribution >= 0.6 is 0 Å². The van der Waals surface area contributed by atoms with E-state index in [0.717, 1.165) is 13.2 Å². The highest BCUT2D eigenvalue weighted by molar-refractivity contribution is 5.65. The summed E-state index contributed by atoms with van der Waals surface area (Å²) in [5.41, 5.74) is 0. The zero-order valence-corrected chi connectivity index (χ0v) is 3.67. The van der Waals surface area contributed by atoms with Gasteiger partial charge in [0.05, 0.1) is 0 Å². The van der Waals surface area contributed by atoms with E-state index in [1.165, 1.54) is 0 Å². The quantitative estimate of drug-likeness (QED) is 0.264. The lowest BCUT2D eigenvalue weighted by Gasteiger charge is -1.85. The van der Waals surface area contributed by atoms with Crippen molar-refractivity contribution < 1.29 is 14.6 Å². The molecule has 0 amide bonds. The van der Waals surface area contributed by atoms with Gasteiger partial charge in [0.1, 0.15) is 0 Å². The fourth-order valence-corrected chi connectivity index (χ4v) is 0.0773. The van der Waals surface area contributed by atoms with Gasteiger partial charge >= 0.3 is 12.2 Å². The zero-order chi connectivity index (χ0) is 5.70. The molecule has 0 aliphatic heterocycles. The first kappa shape index (κ1) is 5.76. The molecular formula is C3H3NO3. The smallest absolute Gasteiger partial charge is 0.248 e. The summed E-state index contributed by atoms with van der Waals surface area (Å²) in [5.74, 6) is -0.637. The van der Waals surface area contributed by atoms with Crippen molar-refractivity contribution in [1.29, 1.82) is 5.26 Å². The number of carbonyl (C=O) groups is 1. The van der Waals surface area contributed by atoms with Crippen molar-refractivity contribution in [1.82, 2.24) is 0 Å². The van der Waals surface area contributed by atoms with Gasteiger partial charge in [-0.15, -0.1) is 5.26 Å². The van der Waals surface area contributed by atoms with Crippen molar-refractivity contribution in [3.63, 3.8) is 0 Å². The molecule has 0 saturated heterocycles. The predicted molar refractivity (Wildman–Crippen MR) is 18.5 cm³/mol. The molecule has 0 rings (SSSR count). The lowest BCUT2D eigenvalue weighted by molar-refractivity contribution is -0.229. The summed E-state index contributed by atoms with van der Waals surface area (Å²) in [5, 5.41) is 7.57. The highest BCUT2D eigenvalue weighted by atomic mass is 17.2. The van der Waals surface area contributed by atoms with Crippen molar-refractivity contribution in [2.75, 3.05) is 0 Å². The van der Waals surface area contributed by atoms with Gasteiger partial charge in [0.2, 0.25) is 0 Å². The number of hydrogen-bond donors (Lipinski definition) is 0. The molecule has 0 atom stereocenters. The van der Waals surface area contributed by atoms with Crippen LogP contribution in [0.1, 0.15) is 6.92 Å². The van der Waals surface area contributed by atoms with Crippen LogP contribution in [0.2, 0.25) is 0 Å². The van der Waals surface area contributed by atoms with Gasteiger partial charge in [-0.25, -0.2) is 14.6 Å². The molecule has 4 heteroatoms. The molecule has 0 aliphatic rings. The Bertz CT molecular complexity index is 103. The van der Waals surface area contributed by atoms with Gasteiger partial charge in [-0.05, 0) is 0 Å². The van der Waals surface area contributed by atoms with Gasteiger partial charge in [-0.1, -0.05) is 0 Å². The molecule has 0 heterocycles. The summed E-state index contributed by atoms with van der Waals surface area (Å²) in [4.78, 5) is 16.9. The van der Waals surface area contributed by atoms with E-state index in [0.29, 0.717) is 0 Å². The van der Waals surface area contributed by atoms with E-state index in [4.69, 9.17) is 5.26 Å². The molecule has 0 fully saturated rings. The molecule has 0 radical (unpaired) electrons. The monoisotopic (exact) mass is 101 g/mol. The molecular weight excluding hydrogens is 98.0 g/mol. The number of nitriles is 1. The molecule has 7 heavy (non-hydrogen) atoms. The van der Waals surface area contributed by atoms with E-state index in [-0.39, 0.29) is 0 Å². The summed E-state index contributed by atoms with van der Waals surface area (Å²) in [6.45, 7) is 1.14. The molecule has 0 spiro atoms. The lowest BCUT2D eigenvalue weighted by atomic mass is 10.8. The van der Waals surface area contributed by atoms with Crippen molar-refractivity contribution in [2.45, 2.75) is 6.92 Å². The second-order valence-corrected chi connectivity index (χ2v) is 0.750.